The van der Waals surface area contributed by atoms with Gasteiger partial charge in [0.05, 0.1) is 0 Å². The largest absolute Gasteiger partial charge is 0.450 e. The number of hydrogen-bond acceptors (Lipinski definition) is 5. The fourth-order valence-corrected chi connectivity index (χ4v) is 2.13. The lowest BCUT2D eigenvalue weighted by Crippen LogP contribution is -2.16. The second-order valence-electron chi connectivity index (χ2n) is 5.93. The first-order valence-corrected chi connectivity index (χ1v) is 6.39. The van der Waals surface area contributed by atoms with Crippen molar-refractivity contribution in [1.29, 1.82) is 0 Å². The number of aromatic nitrogens is 4. The van der Waals surface area contributed by atoms with Crippen molar-refractivity contribution in [3.05, 3.63) is 24.7 Å². The molecule has 0 fully saturated rings. The Kier molecular flexibility index (Phi) is 2.74. The van der Waals surface area contributed by atoms with Crippen molar-refractivity contribution in [2.75, 3.05) is 5.73 Å². The molecular formula is C14H16N5O. The Balaban J connectivity index is 2.27. The molecule has 0 amide bonds. The lowest BCUT2D eigenvalue weighted by molar-refractivity contribution is 0.348. The molecule has 0 aliphatic carbocycles. The summed E-state index contributed by atoms with van der Waals surface area (Å²) in [5.41, 5.74) is 7.28. The molecule has 0 atom stereocenters. The van der Waals surface area contributed by atoms with Crippen LogP contribution in [0, 0.1) is 11.7 Å². The summed E-state index contributed by atoms with van der Waals surface area (Å²) in [5.74, 6) is 1.72. The van der Waals surface area contributed by atoms with Crippen molar-refractivity contribution >= 4 is 17.0 Å². The van der Waals surface area contributed by atoms with E-state index >= 15 is 0 Å². The molecule has 20 heavy (non-hydrogen) atoms. The van der Waals surface area contributed by atoms with Crippen molar-refractivity contribution in [3.63, 3.8) is 0 Å². The summed E-state index contributed by atoms with van der Waals surface area (Å²) in [6.45, 7) is 7.21. The van der Waals surface area contributed by atoms with Crippen LogP contribution in [0.5, 0.6) is 0 Å². The molecule has 1 radical (unpaired) electrons. The lowest BCUT2D eigenvalue weighted by atomic mass is 9.97. The molecule has 0 aliphatic heterocycles. The summed E-state index contributed by atoms with van der Waals surface area (Å²) in [5, 5.41) is 0. The molecule has 3 heterocycles. The molecule has 0 spiro atoms. The highest BCUT2D eigenvalue weighted by atomic mass is 16.3. The standard InChI is InChI=1S/C14H16N5O/c1-14(2,3)7-19-12(9-5-4-6-20-9)18-10-11(15)16-8-17-13(10)19/h4-5,8H,7H2,1-3H3,(H2,15,16,17). The van der Waals surface area contributed by atoms with Gasteiger partial charge in [0.15, 0.2) is 34.8 Å². The molecule has 6 nitrogen and oxygen atoms in total. The van der Waals surface area contributed by atoms with E-state index in [9.17, 15) is 0 Å². The molecule has 6 heteroatoms. The van der Waals surface area contributed by atoms with Crippen LogP contribution in [-0.4, -0.2) is 19.5 Å². The van der Waals surface area contributed by atoms with E-state index in [4.69, 9.17) is 10.2 Å². The number of imidazole rings is 1. The molecule has 3 rings (SSSR count). The number of anilines is 1. The van der Waals surface area contributed by atoms with Gasteiger partial charge in [-0.2, -0.15) is 0 Å². The summed E-state index contributed by atoms with van der Waals surface area (Å²) >= 11 is 0. The Morgan fingerprint density at radius 1 is 1.35 bits per heavy atom. The number of nitrogen functional groups attached to an aromatic ring is 1. The highest BCUT2D eigenvalue weighted by Crippen LogP contribution is 2.29. The number of nitrogens with zero attached hydrogens (tertiary/aromatic N) is 4. The summed E-state index contributed by atoms with van der Waals surface area (Å²) in [4.78, 5) is 12.8. The van der Waals surface area contributed by atoms with Crippen LogP contribution in [0.4, 0.5) is 5.82 Å². The molecular weight excluding hydrogens is 254 g/mol. The van der Waals surface area contributed by atoms with Gasteiger partial charge < -0.3 is 14.7 Å². The second-order valence-corrected chi connectivity index (χ2v) is 5.93. The minimum absolute atomic E-state index is 0.0679. The predicted octanol–water partition coefficient (Wildman–Crippen LogP) is 2.51. The smallest absolute Gasteiger partial charge is 0.178 e. The van der Waals surface area contributed by atoms with Crippen molar-refractivity contribution < 1.29 is 4.42 Å². The van der Waals surface area contributed by atoms with E-state index in [0.29, 0.717) is 22.9 Å². The first-order chi connectivity index (χ1) is 9.46. The normalized spacial score (nSPS) is 12.2. The third-order valence-electron chi connectivity index (χ3n) is 2.88. The monoisotopic (exact) mass is 270 g/mol. The van der Waals surface area contributed by atoms with Gasteiger partial charge in [0, 0.05) is 6.54 Å². The lowest BCUT2D eigenvalue weighted by Gasteiger charge is -2.20. The van der Waals surface area contributed by atoms with E-state index in [0.717, 1.165) is 12.2 Å². The average Bonchev–Trinajstić information content (AvgIpc) is 2.96. The summed E-state index contributed by atoms with van der Waals surface area (Å²) in [7, 11) is 0. The Bertz CT molecular complexity index is 737. The van der Waals surface area contributed by atoms with Crippen LogP contribution >= 0.6 is 0 Å². The third kappa shape index (κ3) is 2.13. The van der Waals surface area contributed by atoms with E-state index < -0.39 is 0 Å². The summed E-state index contributed by atoms with van der Waals surface area (Å²) < 4.78 is 7.36. The topological polar surface area (TPSA) is 82.8 Å². The van der Waals surface area contributed by atoms with Crippen molar-refractivity contribution in [1.82, 2.24) is 19.5 Å². The van der Waals surface area contributed by atoms with Crippen LogP contribution in [0.3, 0.4) is 0 Å². The quantitative estimate of drug-likeness (QED) is 0.773. The highest BCUT2D eigenvalue weighted by molar-refractivity contribution is 5.84. The van der Waals surface area contributed by atoms with E-state index in [1.807, 2.05) is 10.6 Å². The molecule has 0 unspecified atom stereocenters. The van der Waals surface area contributed by atoms with Gasteiger partial charge in [-0.15, -0.1) is 0 Å². The van der Waals surface area contributed by atoms with Crippen molar-refractivity contribution in [3.8, 4) is 11.6 Å². The molecule has 0 saturated heterocycles. The Labute approximate surface area is 116 Å². The van der Waals surface area contributed by atoms with Gasteiger partial charge >= 0.3 is 0 Å². The first kappa shape index (κ1) is 12.7. The van der Waals surface area contributed by atoms with Crippen LogP contribution in [0.1, 0.15) is 20.8 Å². The van der Waals surface area contributed by atoms with Crippen molar-refractivity contribution in [2.45, 2.75) is 27.3 Å². The number of fused-ring (bicyclic) bond motifs is 1. The van der Waals surface area contributed by atoms with Crippen LogP contribution in [0.15, 0.2) is 22.9 Å². The fraction of sp³-hybridized carbons (Fsp3) is 0.357. The highest BCUT2D eigenvalue weighted by Gasteiger charge is 2.22. The van der Waals surface area contributed by atoms with E-state index in [2.05, 4.69) is 42.0 Å². The van der Waals surface area contributed by atoms with Gasteiger partial charge in [-0.25, -0.2) is 15.0 Å². The maximum Gasteiger partial charge on any atom is 0.178 e. The predicted molar refractivity (Wildman–Crippen MR) is 75.7 cm³/mol. The maximum atomic E-state index is 5.89. The number of furan rings is 1. The maximum absolute atomic E-state index is 5.89. The van der Waals surface area contributed by atoms with Gasteiger partial charge in [-0.1, -0.05) is 20.8 Å². The SMILES string of the molecule is CC(C)(C)Cn1c(-c2cc[c]o2)nc2c(N)ncnc21. The number of nitrogens with two attached hydrogens (primary N) is 1. The van der Waals surface area contributed by atoms with Crippen LogP contribution in [0.25, 0.3) is 22.7 Å². The van der Waals surface area contributed by atoms with Gasteiger partial charge in [-0.3, -0.25) is 0 Å². The Morgan fingerprint density at radius 2 is 2.15 bits per heavy atom. The van der Waals surface area contributed by atoms with Crippen LogP contribution in [-0.2, 0) is 6.54 Å². The molecule has 0 bridgehead atoms. The molecule has 0 aromatic carbocycles. The minimum Gasteiger partial charge on any atom is -0.450 e. The zero-order chi connectivity index (χ0) is 14.3. The van der Waals surface area contributed by atoms with E-state index in [1.165, 1.54) is 6.33 Å². The number of rotatable bonds is 2. The molecule has 3 aromatic heterocycles. The summed E-state index contributed by atoms with van der Waals surface area (Å²) in [6, 6.07) is 3.54. The van der Waals surface area contributed by atoms with Gasteiger partial charge in [0.25, 0.3) is 0 Å². The molecule has 3 aromatic rings. The van der Waals surface area contributed by atoms with Crippen molar-refractivity contribution in [2.24, 2.45) is 5.41 Å². The minimum atomic E-state index is 0.0679. The third-order valence-corrected chi connectivity index (χ3v) is 2.88. The van der Waals surface area contributed by atoms with Gasteiger partial charge in [-0.05, 0) is 17.5 Å². The summed E-state index contributed by atoms with van der Waals surface area (Å²) in [6.07, 6.45) is 4.14. The fourth-order valence-electron chi connectivity index (χ4n) is 2.13. The Hall–Kier alpha value is -2.37. The Morgan fingerprint density at radius 3 is 2.80 bits per heavy atom. The first-order valence-electron chi connectivity index (χ1n) is 6.39. The molecule has 103 valence electrons. The molecule has 2 N–H and O–H groups in total. The van der Waals surface area contributed by atoms with Crippen LogP contribution < -0.4 is 5.73 Å². The van der Waals surface area contributed by atoms with Crippen LogP contribution in [0.2, 0.25) is 0 Å². The average molecular weight is 270 g/mol. The van der Waals surface area contributed by atoms with E-state index in [1.54, 1.807) is 6.07 Å². The molecule has 0 aliphatic rings. The molecule has 0 saturated carbocycles. The zero-order valence-electron chi connectivity index (χ0n) is 11.7. The second kappa shape index (κ2) is 4.33. The zero-order valence-corrected chi connectivity index (χ0v) is 11.7. The van der Waals surface area contributed by atoms with E-state index in [-0.39, 0.29) is 5.41 Å². The van der Waals surface area contributed by atoms with Gasteiger partial charge in [0.1, 0.15) is 6.33 Å². The number of hydrogen-bond donors (Lipinski definition) is 1. The van der Waals surface area contributed by atoms with Gasteiger partial charge in [0.2, 0.25) is 0 Å².